The lowest BCUT2D eigenvalue weighted by molar-refractivity contribution is 0.384. The smallest absolute Gasteiger partial charge is 0.244 e. The molecule has 0 aliphatic carbocycles. The number of halogens is 2. The van der Waals surface area contributed by atoms with Crippen LogP contribution in [0.2, 0.25) is 10.3 Å². The maximum atomic E-state index is 12.9. The van der Waals surface area contributed by atoms with Crippen molar-refractivity contribution in [2.45, 2.75) is 4.90 Å². The van der Waals surface area contributed by atoms with Gasteiger partial charge in [0.1, 0.15) is 10.7 Å². The number of benzene rings is 2. The van der Waals surface area contributed by atoms with Crippen LogP contribution in [0.1, 0.15) is 0 Å². The third-order valence-corrected chi connectivity index (χ3v) is 7.12. The van der Waals surface area contributed by atoms with E-state index in [1.165, 1.54) is 10.4 Å². The summed E-state index contributed by atoms with van der Waals surface area (Å²) in [5, 5.41) is 1.30. The van der Waals surface area contributed by atoms with Crippen molar-refractivity contribution in [3.8, 4) is 0 Å². The number of aromatic nitrogens is 2. The number of hydrogen-bond acceptors (Lipinski definition) is 5. The molecule has 0 atom stereocenters. The second kappa shape index (κ2) is 7.24. The van der Waals surface area contributed by atoms with Crippen LogP contribution in [0.5, 0.6) is 0 Å². The Labute approximate surface area is 167 Å². The van der Waals surface area contributed by atoms with E-state index in [0.29, 0.717) is 26.2 Å². The molecule has 1 fully saturated rings. The van der Waals surface area contributed by atoms with Crippen molar-refractivity contribution >= 4 is 49.9 Å². The molecule has 0 radical (unpaired) electrons. The van der Waals surface area contributed by atoms with Gasteiger partial charge in [-0.1, -0.05) is 35.9 Å². The summed E-state index contributed by atoms with van der Waals surface area (Å²) in [6.45, 7) is 1.68. The number of anilines is 1. The molecule has 9 heteroatoms. The standard InChI is InChI=1S/C18H16Cl2N4O2S/c19-14-6-2-4-8-16(14)27(25,26)24-11-9-23(10-12-24)17-13-5-1-3-7-15(13)21-18(20)22-17/h1-8H,9-12H2. The van der Waals surface area contributed by atoms with Gasteiger partial charge in [0.15, 0.2) is 0 Å². The van der Waals surface area contributed by atoms with Crippen molar-refractivity contribution in [3.05, 3.63) is 58.8 Å². The summed E-state index contributed by atoms with van der Waals surface area (Å²) in [7, 11) is -3.63. The molecule has 2 aromatic carbocycles. The molecule has 0 bridgehead atoms. The summed E-state index contributed by atoms with van der Waals surface area (Å²) >= 11 is 12.2. The Bertz CT molecular complexity index is 1100. The largest absolute Gasteiger partial charge is 0.353 e. The Balaban J connectivity index is 1.59. The first-order valence-electron chi connectivity index (χ1n) is 8.39. The molecule has 140 valence electrons. The summed E-state index contributed by atoms with van der Waals surface area (Å²) in [6, 6.07) is 14.1. The highest BCUT2D eigenvalue weighted by atomic mass is 35.5. The van der Waals surface area contributed by atoms with Gasteiger partial charge in [0.05, 0.1) is 10.5 Å². The lowest BCUT2D eigenvalue weighted by Crippen LogP contribution is -2.49. The summed E-state index contributed by atoms with van der Waals surface area (Å²) in [6.07, 6.45) is 0. The molecule has 2 heterocycles. The molecule has 1 saturated heterocycles. The van der Waals surface area contributed by atoms with E-state index in [2.05, 4.69) is 9.97 Å². The van der Waals surface area contributed by atoms with Gasteiger partial charge in [0.25, 0.3) is 0 Å². The lowest BCUT2D eigenvalue weighted by atomic mass is 10.2. The Hall–Kier alpha value is -1.93. The van der Waals surface area contributed by atoms with E-state index in [-0.39, 0.29) is 15.2 Å². The van der Waals surface area contributed by atoms with Gasteiger partial charge in [-0.05, 0) is 35.9 Å². The van der Waals surface area contributed by atoms with Crippen molar-refractivity contribution in [3.63, 3.8) is 0 Å². The Morgan fingerprint density at radius 1 is 0.852 bits per heavy atom. The molecule has 27 heavy (non-hydrogen) atoms. The number of sulfonamides is 1. The van der Waals surface area contributed by atoms with E-state index >= 15 is 0 Å². The molecular formula is C18H16Cl2N4O2S. The predicted octanol–water partition coefficient (Wildman–Crippen LogP) is 3.45. The van der Waals surface area contributed by atoms with Crippen LogP contribution in [0.15, 0.2) is 53.4 Å². The number of hydrogen-bond donors (Lipinski definition) is 0. The highest BCUT2D eigenvalue weighted by molar-refractivity contribution is 7.89. The van der Waals surface area contributed by atoms with E-state index in [1.807, 2.05) is 29.2 Å². The molecule has 4 rings (SSSR count). The van der Waals surface area contributed by atoms with Crippen LogP contribution >= 0.6 is 23.2 Å². The molecule has 0 amide bonds. The van der Waals surface area contributed by atoms with E-state index in [4.69, 9.17) is 23.2 Å². The molecule has 0 unspecified atom stereocenters. The van der Waals surface area contributed by atoms with Crippen LogP contribution in [0.25, 0.3) is 10.9 Å². The van der Waals surface area contributed by atoms with Crippen molar-refractivity contribution in [2.75, 3.05) is 31.1 Å². The normalized spacial score (nSPS) is 16.0. The third-order valence-electron chi connectivity index (χ3n) is 4.55. The molecule has 0 N–H and O–H groups in total. The van der Waals surface area contributed by atoms with Gasteiger partial charge in [0, 0.05) is 31.6 Å². The number of rotatable bonds is 3. The molecule has 0 saturated carbocycles. The monoisotopic (exact) mass is 422 g/mol. The molecule has 1 aliphatic heterocycles. The second-order valence-electron chi connectivity index (χ2n) is 6.15. The van der Waals surface area contributed by atoms with Gasteiger partial charge in [-0.15, -0.1) is 0 Å². The summed E-state index contributed by atoms with van der Waals surface area (Å²) in [5.74, 6) is 0.723. The minimum absolute atomic E-state index is 0.135. The summed E-state index contributed by atoms with van der Waals surface area (Å²) < 4.78 is 27.2. The predicted molar refractivity (Wildman–Crippen MR) is 107 cm³/mol. The van der Waals surface area contributed by atoms with Crippen LogP contribution in [-0.2, 0) is 10.0 Å². The molecule has 3 aromatic rings. The fraction of sp³-hybridized carbons (Fsp3) is 0.222. The number of piperazine rings is 1. The molecule has 1 aromatic heterocycles. The Morgan fingerprint density at radius 3 is 2.26 bits per heavy atom. The van der Waals surface area contributed by atoms with Crippen LogP contribution in [0, 0.1) is 0 Å². The van der Waals surface area contributed by atoms with E-state index < -0.39 is 10.0 Å². The molecule has 6 nitrogen and oxygen atoms in total. The Morgan fingerprint density at radius 2 is 1.52 bits per heavy atom. The molecule has 0 spiro atoms. The third kappa shape index (κ3) is 3.48. The van der Waals surface area contributed by atoms with Crippen LogP contribution < -0.4 is 4.90 Å². The topological polar surface area (TPSA) is 66.4 Å². The van der Waals surface area contributed by atoms with Gasteiger partial charge in [0.2, 0.25) is 15.3 Å². The van der Waals surface area contributed by atoms with Crippen LogP contribution in [0.3, 0.4) is 0 Å². The summed E-state index contributed by atoms with van der Waals surface area (Å²) in [4.78, 5) is 10.8. The molecular weight excluding hydrogens is 407 g/mol. The zero-order chi connectivity index (χ0) is 19.0. The van der Waals surface area contributed by atoms with Crippen molar-refractivity contribution in [2.24, 2.45) is 0 Å². The SMILES string of the molecule is O=S(=O)(c1ccccc1Cl)N1CCN(c2nc(Cl)nc3ccccc23)CC1. The van der Waals surface area contributed by atoms with E-state index in [0.717, 1.165) is 16.7 Å². The van der Waals surface area contributed by atoms with Gasteiger partial charge in [-0.25, -0.2) is 13.4 Å². The first-order chi connectivity index (χ1) is 13.0. The minimum atomic E-state index is -3.63. The van der Waals surface area contributed by atoms with Crippen LogP contribution in [0.4, 0.5) is 5.82 Å². The highest BCUT2D eigenvalue weighted by Gasteiger charge is 2.30. The second-order valence-corrected chi connectivity index (χ2v) is 8.81. The van der Waals surface area contributed by atoms with Crippen molar-refractivity contribution in [1.29, 1.82) is 0 Å². The average molecular weight is 423 g/mol. The quantitative estimate of drug-likeness (QED) is 0.604. The summed E-state index contributed by atoms with van der Waals surface area (Å²) in [5.41, 5.74) is 0.763. The zero-order valence-corrected chi connectivity index (χ0v) is 16.5. The maximum Gasteiger partial charge on any atom is 0.244 e. The zero-order valence-electron chi connectivity index (χ0n) is 14.2. The number of para-hydroxylation sites is 1. The number of fused-ring (bicyclic) bond motifs is 1. The average Bonchev–Trinajstić information content (AvgIpc) is 2.67. The van der Waals surface area contributed by atoms with Gasteiger partial charge in [-0.2, -0.15) is 9.29 Å². The van der Waals surface area contributed by atoms with E-state index in [1.54, 1.807) is 18.2 Å². The van der Waals surface area contributed by atoms with Gasteiger partial charge in [-0.3, -0.25) is 0 Å². The first-order valence-corrected chi connectivity index (χ1v) is 10.6. The fourth-order valence-electron chi connectivity index (χ4n) is 3.21. The highest BCUT2D eigenvalue weighted by Crippen LogP contribution is 2.28. The Kier molecular flexibility index (Phi) is 4.94. The minimum Gasteiger partial charge on any atom is -0.353 e. The van der Waals surface area contributed by atoms with Gasteiger partial charge >= 0.3 is 0 Å². The number of nitrogens with zero attached hydrogens (tertiary/aromatic N) is 4. The van der Waals surface area contributed by atoms with Crippen LogP contribution in [-0.4, -0.2) is 48.9 Å². The van der Waals surface area contributed by atoms with Crippen molar-refractivity contribution < 1.29 is 8.42 Å². The van der Waals surface area contributed by atoms with Gasteiger partial charge < -0.3 is 4.90 Å². The van der Waals surface area contributed by atoms with Crippen molar-refractivity contribution in [1.82, 2.24) is 14.3 Å². The van der Waals surface area contributed by atoms with E-state index in [9.17, 15) is 8.42 Å². The molecule has 1 aliphatic rings. The lowest BCUT2D eigenvalue weighted by Gasteiger charge is -2.35. The first kappa shape index (κ1) is 18.4. The fourth-order valence-corrected chi connectivity index (χ4v) is 5.29. The maximum absolute atomic E-state index is 12.9.